The maximum atomic E-state index is 13.1. The third-order valence-corrected chi connectivity index (χ3v) is 8.44. The number of fused-ring (bicyclic) bond motifs is 1. The summed E-state index contributed by atoms with van der Waals surface area (Å²) in [6, 6.07) is 22.7. The van der Waals surface area contributed by atoms with E-state index in [-0.39, 0.29) is 0 Å². The summed E-state index contributed by atoms with van der Waals surface area (Å²) in [7, 11) is -3.54. The smallest absolute Gasteiger partial charge is 0.243 e. The van der Waals surface area contributed by atoms with Crippen molar-refractivity contribution in [3.63, 3.8) is 0 Å². The van der Waals surface area contributed by atoms with E-state index >= 15 is 0 Å². The van der Waals surface area contributed by atoms with Crippen LogP contribution in [0, 0.1) is 0 Å². The van der Waals surface area contributed by atoms with E-state index in [1.54, 1.807) is 34.8 Å². The Hall–Kier alpha value is -2.96. The summed E-state index contributed by atoms with van der Waals surface area (Å²) in [5, 5.41) is 0. The SMILES string of the molecule is CCCCCCCCOc1ccc(C=Nc2ccc(S(=O)(=O)N3CCc4ccccc4C3)cc2)cc1. The van der Waals surface area contributed by atoms with Crippen LogP contribution < -0.4 is 4.74 Å². The first kappa shape index (κ1) is 26.1. The van der Waals surface area contributed by atoms with Crippen LogP contribution >= 0.6 is 0 Å². The molecule has 5 nitrogen and oxygen atoms in total. The van der Waals surface area contributed by atoms with Gasteiger partial charge in [-0.05, 0) is 78.1 Å². The van der Waals surface area contributed by atoms with Crippen molar-refractivity contribution in [2.45, 2.75) is 63.3 Å². The fourth-order valence-corrected chi connectivity index (χ4v) is 5.82. The highest BCUT2D eigenvalue weighted by molar-refractivity contribution is 7.89. The highest BCUT2D eigenvalue weighted by atomic mass is 32.2. The summed E-state index contributed by atoms with van der Waals surface area (Å²) in [6.45, 7) is 3.89. The molecule has 4 rings (SSSR count). The summed E-state index contributed by atoms with van der Waals surface area (Å²) in [4.78, 5) is 4.81. The Kier molecular flexibility index (Phi) is 9.31. The molecular formula is C30H36N2O3S. The highest BCUT2D eigenvalue weighted by Gasteiger charge is 2.28. The molecule has 0 unspecified atom stereocenters. The number of hydrogen-bond donors (Lipinski definition) is 0. The van der Waals surface area contributed by atoms with Gasteiger partial charge >= 0.3 is 0 Å². The normalized spacial score (nSPS) is 14.1. The van der Waals surface area contributed by atoms with Crippen molar-refractivity contribution in [1.29, 1.82) is 0 Å². The van der Waals surface area contributed by atoms with Crippen LogP contribution in [0.5, 0.6) is 5.75 Å². The summed E-state index contributed by atoms with van der Waals surface area (Å²) in [5.74, 6) is 0.871. The number of sulfonamides is 1. The maximum Gasteiger partial charge on any atom is 0.243 e. The number of benzene rings is 3. The zero-order chi connectivity index (χ0) is 25.2. The summed E-state index contributed by atoms with van der Waals surface area (Å²) in [5.41, 5.74) is 3.98. The second kappa shape index (κ2) is 12.8. The minimum atomic E-state index is -3.54. The van der Waals surface area contributed by atoms with Gasteiger partial charge in [-0.2, -0.15) is 4.31 Å². The zero-order valence-corrected chi connectivity index (χ0v) is 21.9. The van der Waals surface area contributed by atoms with Gasteiger partial charge in [0.15, 0.2) is 0 Å². The van der Waals surface area contributed by atoms with Crippen LogP contribution in [0.15, 0.2) is 82.7 Å². The van der Waals surface area contributed by atoms with E-state index in [1.165, 1.54) is 37.7 Å². The molecule has 0 saturated heterocycles. The first-order valence-corrected chi connectivity index (χ1v) is 14.4. The Labute approximate surface area is 215 Å². The Morgan fingerprint density at radius 2 is 1.56 bits per heavy atom. The van der Waals surface area contributed by atoms with Crippen molar-refractivity contribution in [3.8, 4) is 5.75 Å². The molecule has 1 aliphatic rings. The topological polar surface area (TPSA) is 59.0 Å². The molecule has 190 valence electrons. The molecule has 6 heteroatoms. The fraction of sp³-hybridized carbons (Fsp3) is 0.367. The minimum absolute atomic E-state index is 0.299. The Balaban J connectivity index is 1.28. The van der Waals surface area contributed by atoms with E-state index in [4.69, 9.17) is 4.74 Å². The van der Waals surface area contributed by atoms with Crippen LogP contribution in [0.3, 0.4) is 0 Å². The van der Waals surface area contributed by atoms with Gasteiger partial charge in [0.25, 0.3) is 0 Å². The lowest BCUT2D eigenvalue weighted by Crippen LogP contribution is -2.35. The van der Waals surface area contributed by atoms with Gasteiger partial charge in [-0.25, -0.2) is 8.42 Å². The van der Waals surface area contributed by atoms with Gasteiger partial charge < -0.3 is 4.74 Å². The lowest BCUT2D eigenvalue weighted by atomic mass is 10.0. The lowest BCUT2D eigenvalue weighted by Gasteiger charge is -2.28. The minimum Gasteiger partial charge on any atom is -0.494 e. The average Bonchev–Trinajstić information content (AvgIpc) is 2.92. The van der Waals surface area contributed by atoms with Crippen LogP contribution in [0.25, 0.3) is 0 Å². The largest absolute Gasteiger partial charge is 0.494 e. The third kappa shape index (κ3) is 7.05. The summed E-state index contributed by atoms with van der Waals surface area (Å²) in [6.07, 6.45) is 10.0. The van der Waals surface area contributed by atoms with Crippen molar-refractivity contribution in [1.82, 2.24) is 4.31 Å². The molecule has 3 aromatic carbocycles. The van der Waals surface area contributed by atoms with Gasteiger partial charge in [0.05, 0.1) is 17.2 Å². The highest BCUT2D eigenvalue weighted by Crippen LogP contribution is 2.26. The maximum absolute atomic E-state index is 13.1. The van der Waals surface area contributed by atoms with E-state index in [2.05, 4.69) is 18.0 Å². The first-order chi connectivity index (χ1) is 17.6. The number of unbranched alkanes of at least 4 members (excludes halogenated alkanes) is 5. The zero-order valence-electron chi connectivity index (χ0n) is 21.1. The number of aliphatic imine (C=N–C) groups is 1. The molecule has 0 fully saturated rings. The van der Waals surface area contributed by atoms with Crippen LogP contribution in [0.1, 0.15) is 62.1 Å². The second-order valence-electron chi connectivity index (χ2n) is 9.29. The Bertz CT molecular complexity index is 1240. The number of ether oxygens (including phenoxy) is 1. The van der Waals surface area contributed by atoms with Crippen molar-refractivity contribution in [2.75, 3.05) is 13.2 Å². The molecular weight excluding hydrogens is 468 g/mol. The van der Waals surface area contributed by atoms with Crippen molar-refractivity contribution in [2.24, 2.45) is 4.99 Å². The molecule has 0 bridgehead atoms. The molecule has 1 heterocycles. The van der Waals surface area contributed by atoms with Gasteiger partial charge in [0, 0.05) is 19.3 Å². The molecule has 0 N–H and O–H groups in total. The molecule has 0 saturated carbocycles. The quantitative estimate of drug-likeness (QED) is 0.199. The lowest BCUT2D eigenvalue weighted by molar-refractivity contribution is 0.304. The Morgan fingerprint density at radius 1 is 0.861 bits per heavy atom. The van der Waals surface area contributed by atoms with E-state index in [9.17, 15) is 8.42 Å². The molecule has 0 aromatic heterocycles. The standard InChI is InChI=1S/C30H36N2O3S/c1-2-3-4-5-6-9-22-35-29-16-12-25(13-17-29)23-31-28-14-18-30(19-15-28)36(33,34)32-21-20-26-10-7-8-11-27(26)24-32/h7-8,10-19,23H,2-6,9,20-22,24H2,1H3. The first-order valence-electron chi connectivity index (χ1n) is 13.0. The second-order valence-corrected chi connectivity index (χ2v) is 11.2. The van der Waals surface area contributed by atoms with Crippen LogP contribution in [0.2, 0.25) is 0 Å². The number of rotatable bonds is 12. The van der Waals surface area contributed by atoms with Gasteiger partial charge in [-0.15, -0.1) is 0 Å². The monoisotopic (exact) mass is 504 g/mol. The number of nitrogens with zero attached hydrogens (tertiary/aromatic N) is 2. The molecule has 36 heavy (non-hydrogen) atoms. The van der Waals surface area contributed by atoms with E-state index < -0.39 is 10.0 Å². The molecule has 0 aliphatic carbocycles. The van der Waals surface area contributed by atoms with Gasteiger partial charge in [0.1, 0.15) is 5.75 Å². The van der Waals surface area contributed by atoms with Gasteiger partial charge in [-0.3, -0.25) is 4.99 Å². The van der Waals surface area contributed by atoms with Crippen molar-refractivity contribution < 1.29 is 13.2 Å². The molecule has 0 amide bonds. The molecule has 1 aliphatic heterocycles. The average molecular weight is 505 g/mol. The summed E-state index contributed by atoms with van der Waals surface area (Å²) >= 11 is 0. The molecule has 0 spiro atoms. The summed E-state index contributed by atoms with van der Waals surface area (Å²) < 4.78 is 33.7. The van der Waals surface area contributed by atoms with Gasteiger partial charge in [-0.1, -0.05) is 63.3 Å². The van der Waals surface area contributed by atoms with Crippen molar-refractivity contribution >= 4 is 21.9 Å². The van der Waals surface area contributed by atoms with Gasteiger partial charge in [0.2, 0.25) is 10.0 Å². The third-order valence-electron chi connectivity index (χ3n) is 6.58. The van der Waals surface area contributed by atoms with Crippen LogP contribution in [0.4, 0.5) is 5.69 Å². The predicted molar refractivity (Wildman–Crippen MR) is 147 cm³/mol. The fourth-order valence-electron chi connectivity index (χ4n) is 4.40. The predicted octanol–water partition coefficient (Wildman–Crippen LogP) is 6.92. The van der Waals surface area contributed by atoms with Crippen LogP contribution in [-0.4, -0.2) is 32.1 Å². The molecule has 0 atom stereocenters. The van der Waals surface area contributed by atoms with E-state index in [1.807, 2.05) is 42.5 Å². The Morgan fingerprint density at radius 3 is 2.31 bits per heavy atom. The molecule has 0 radical (unpaired) electrons. The molecule has 3 aromatic rings. The van der Waals surface area contributed by atoms with Crippen molar-refractivity contribution in [3.05, 3.63) is 89.5 Å². The van der Waals surface area contributed by atoms with Crippen LogP contribution in [-0.2, 0) is 23.0 Å². The van der Waals surface area contributed by atoms with E-state index in [0.717, 1.165) is 36.3 Å². The number of hydrogen-bond acceptors (Lipinski definition) is 4. The van der Waals surface area contributed by atoms with E-state index in [0.29, 0.717) is 23.7 Å².